The predicted molar refractivity (Wildman–Crippen MR) is 92.4 cm³/mol. The summed E-state index contributed by atoms with van der Waals surface area (Å²) in [6.45, 7) is 7.21. The van der Waals surface area contributed by atoms with Crippen LogP contribution in [0.25, 0.3) is 0 Å². The first-order chi connectivity index (χ1) is 11.0. The van der Waals surface area contributed by atoms with Gasteiger partial charge in [-0.15, -0.1) is 0 Å². The zero-order valence-corrected chi connectivity index (χ0v) is 15.2. The Balaban J connectivity index is 2.81. The van der Waals surface area contributed by atoms with Crippen LogP contribution in [0, 0.1) is 0 Å². The minimum absolute atomic E-state index is 0.311. The van der Waals surface area contributed by atoms with Crippen LogP contribution in [0.4, 0.5) is 5.69 Å². The molecule has 0 saturated heterocycles. The summed E-state index contributed by atoms with van der Waals surface area (Å²) >= 11 is 0. The highest BCUT2D eigenvalue weighted by molar-refractivity contribution is 7.89. The number of benzene rings is 1. The largest absolute Gasteiger partial charge is 0.481 e. The first-order valence-corrected chi connectivity index (χ1v) is 9.27. The highest BCUT2D eigenvalue weighted by atomic mass is 32.2. The Morgan fingerprint density at radius 1 is 1.12 bits per heavy atom. The topological polar surface area (TPSA) is 104 Å². The van der Waals surface area contributed by atoms with Gasteiger partial charge in [-0.1, -0.05) is 26.0 Å². The van der Waals surface area contributed by atoms with E-state index in [1.165, 1.54) is 4.31 Å². The molecule has 8 heteroatoms. The van der Waals surface area contributed by atoms with Crippen molar-refractivity contribution in [1.29, 1.82) is 0 Å². The fourth-order valence-electron chi connectivity index (χ4n) is 2.16. The van der Waals surface area contributed by atoms with Gasteiger partial charge in [0, 0.05) is 18.8 Å². The second-order valence-corrected chi connectivity index (χ2v) is 7.87. The van der Waals surface area contributed by atoms with Crippen molar-refractivity contribution >= 4 is 27.6 Å². The Labute approximate surface area is 142 Å². The Kier molecular flexibility index (Phi) is 6.50. The molecule has 0 heterocycles. The second-order valence-electron chi connectivity index (χ2n) is 5.90. The molecular formula is C16H24N2O5S. The van der Waals surface area contributed by atoms with Crippen LogP contribution < -0.4 is 5.32 Å². The maximum absolute atomic E-state index is 12.1. The average molecular weight is 356 g/mol. The van der Waals surface area contributed by atoms with Crippen molar-refractivity contribution in [3.8, 4) is 0 Å². The lowest BCUT2D eigenvalue weighted by Crippen LogP contribution is -2.36. The van der Waals surface area contributed by atoms with E-state index >= 15 is 0 Å². The highest BCUT2D eigenvalue weighted by Gasteiger charge is 2.29. The molecule has 0 unspecified atom stereocenters. The van der Waals surface area contributed by atoms with E-state index in [9.17, 15) is 23.1 Å². The van der Waals surface area contributed by atoms with E-state index in [0.717, 1.165) is 0 Å². The third-order valence-electron chi connectivity index (χ3n) is 3.84. The first kappa shape index (κ1) is 20.1. The van der Waals surface area contributed by atoms with Crippen LogP contribution in [0.3, 0.4) is 0 Å². The number of rotatable bonds is 8. The number of anilines is 1. The van der Waals surface area contributed by atoms with Gasteiger partial charge in [0.25, 0.3) is 0 Å². The molecule has 1 rings (SSSR count). The Morgan fingerprint density at radius 3 is 2.04 bits per heavy atom. The molecule has 0 atom stereocenters. The first-order valence-electron chi connectivity index (χ1n) is 7.66. The molecule has 0 aliphatic carbocycles. The van der Waals surface area contributed by atoms with Crippen molar-refractivity contribution in [3.05, 3.63) is 29.8 Å². The summed E-state index contributed by atoms with van der Waals surface area (Å²) < 4.78 is 25.3. The van der Waals surface area contributed by atoms with Gasteiger partial charge in [-0.05, 0) is 31.5 Å². The van der Waals surface area contributed by atoms with E-state index in [1.54, 1.807) is 52.0 Å². The van der Waals surface area contributed by atoms with E-state index in [4.69, 9.17) is 0 Å². The van der Waals surface area contributed by atoms with E-state index in [2.05, 4.69) is 5.32 Å². The summed E-state index contributed by atoms with van der Waals surface area (Å²) in [6.07, 6.45) is 0. The van der Waals surface area contributed by atoms with Gasteiger partial charge in [0.1, 0.15) is 5.75 Å². The van der Waals surface area contributed by atoms with Crippen LogP contribution in [0.2, 0.25) is 0 Å². The number of hydrogen-bond donors (Lipinski definition) is 2. The molecule has 0 spiro atoms. The van der Waals surface area contributed by atoms with Crippen molar-refractivity contribution in [1.82, 2.24) is 4.31 Å². The van der Waals surface area contributed by atoms with Gasteiger partial charge in [-0.2, -0.15) is 0 Å². The Morgan fingerprint density at radius 2 is 1.62 bits per heavy atom. The number of hydrogen-bond acceptors (Lipinski definition) is 4. The zero-order valence-electron chi connectivity index (χ0n) is 14.4. The number of nitrogens with one attached hydrogen (secondary N) is 1. The van der Waals surface area contributed by atoms with Gasteiger partial charge in [-0.3, -0.25) is 9.59 Å². The summed E-state index contributed by atoms with van der Waals surface area (Å²) in [7, 11) is -3.64. The molecule has 0 fully saturated rings. The number of carbonyl (C=O) groups is 2. The third-order valence-corrected chi connectivity index (χ3v) is 5.77. The summed E-state index contributed by atoms with van der Waals surface area (Å²) in [6, 6.07) is 6.31. The van der Waals surface area contributed by atoms with Gasteiger partial charge in [-0.25, -0.2) is 12.7 Å². The summed E-state index contributed by atoms with van der Waals surface area (Å²) in [4.78, 5) is 23.2. The molecule has 0 aliphatic rings. The maximum atomic E-state index is 12.1. The lowest BCUT2D eigenvalue weighted by atomic mass is 9.85. The lowest BCUT2D eigenvalue weighted by molar-refractivity contribution is -0.142. The van der Waals surface area contributed by atoms with Crippen LogP contribution >= 0.6 is 0 Å². The van der Waals surface area contributed by atoms with E-state index in [1.807, 2.05) is 0 Å². The number of aliphatic carboxylic acids is 1. The molecule has 1 amide bonds. The van der Waals surface area contributed by atoms with Gasteiger partial charge in [0.15, 0.2) is 0 Å². The Hall–Kier alpha value is -1.93. The Bertz CT molecular complexity index is 692. The SMILES string of the molecule is CCN(CC)S(=O)(=O)CC(=O)Nc1ccc(C(C)(C)C(=O)O)cc1. The monoisotopic (exact) mass is 356 g/mol. The molecule has 1 aromatic rings. The van der Waals surface area contributed by atoms with Gasteiger partial charge in [0.2, 0.25) is 15.9 Å². The second kappa shape index (κ2) is 7.76. The summed E-state index contributed by atoms with van der Waals surface area (Å²) in [5, 5.41) is 11.7. The van der Waals surface area contributed by atoms with Gasteiger partial charge < -0.3 is 10.4 Å². The van der Waals surface area contributed by atoms with Crippen LogP contribution in [0.15, 0.2) is 24.3 Å². The number of amides is 1. The smallest absolute Gasteiger partial charge is 0.313 e. The normalized spacial score (nSPS) is 12.2. The minimum Gasteiger partial charge on any atom is -0.481 e. The molecule has 0 aliphatic heterocycles. The average Bonchev–Trinajstić information content (AvgIpc) is 2.47. The minimum atomic E-state index is -3.64. The van der Waals surface area contributed by atoms with Gasteiger partial charge >= 0.3 is 5.97 Å². The van der Waals surface area contributed by atoms with Crippen molar-refractivity contribution < 1.29 is 23.1 Å². The molecule has 0 radical (unpaired) electrons. The number of carboxylic acids is 1. The standard InChI is InChI=1S/C16H24N2O5S/c1-5-18(6-2)24(22,23)11-14(19)17-13-9-7-12(8-10-13)16(3,4)15(20)21/h7-10H,5-6,11H2,1-4H3,(H,17,19)(H,20,21). The van der Waals surface area contributed by atoms with Crippen LogP contribution in [-0.4, -0.2) is 48.5 Å². The molecule has 24 heavy (non-hydrogen) atoms. The molecule has 0 bridgehead atoms. The maximum Gasteiger partial charge on any atom is 0.313 e. The zero-order chi connectivity index (χ0) is 18.5. The highest BCUT2D eigenvalue weighted by Crippen LogP contribution is 2.24. The molecule has 7 nitrogen and oxygen atoms in total. The predicted octanol–water partition coefficient (Wildman–Crippen LogP) is 1.66. The molecule has 2 N–H and O–H groups in total. The van der Waals surface area contributed by atoms with E-state index in [0.29, 0.717) is 24.3 Å². The number of nitrogens with zero attached hydrogens (tertiary/aromatic N) is 1. The molecule has 0 saturated carbocycles. The molecule has 0 aromatic heterocycles. The van der Waals surface area contributed by atoms with Crippen molar-refractivity contribution in [2.45, 2.75) is 33.1 Å². The fraction of sp³-hybridized carbons (Fsp3) is 0.500. The quantitative estimate of drug-likeness (QED) is 0.737. The van der Waals surface area contributed by atoms with Crippen LogP contribution in [-0.2, 0) is 25.0 Å². The van der Waals surface area contributed by atoms with Crippen molar-refractivity contribution in [2.75, 3.05) is 24.2 Å². The summed E-state index contributed by atoms with van der Waals surface area (Å²) in [5.74, 6) is -2.21. The lowest BCUT2D eigenvalue weighted by Gasteiger charge is -2.20. The van der Waals surface area contributed by atoms with Gasteiger partial charge in [0.05, 0.1) is 5.41 Å². The molecule has 134 valence electrons. The molecule has 1 aromatic carbocycles. The summed E-state index contributed by atoms with van der Waals surface area (Å²) in [5.41, 5.74) is -0.0438. The third kappa shape index (κ3) is 4.78. The van der Waals surface area contributed by atoms with Crippen molar-refractivity contribution in [2.24, 2.45) is 0 Å². The number of carboxylic acid groups (broad SMARTS) is 1. The number of carbonyl (C=O) groups excluding carboxylic acids is 1. The van der Waals surface area contributed by atoms with Crippen molar-refractivity contribution in [3.63, 3.8) is 0 Å². The fourth-order valence-corrected chi connectivity index (χ4v) is 3.54. The van der Waals surface area contributed by atoms with Crippen LogP contribution in [0.5, 0.6) is 0 Å². The molecular weight excluding hydrogens is 332 g/mol. The van der Waals surface area contributed by atoms with E-state index in [-0.39, 0.29) is 0 Å². The van der Waals surface area contributed by atoms with Crippen LogP contribution in [0.1, 0.15) is 33.3 Å². The number of sulfonamides is 1. The van der Waals surface area contributed by atoms with E-state index < -0.39 is 33.1 Å².